The molecule has 336 valence electrons. The fraction of sp³-hybridized carbons (Fsp3) is 0.922. The Balaban J connectivity index is 0.00000112. The molecule has 21 atom stereocenters. The molecule has 0 aromatic carbocycles. The number of ether oxygens (including phenoxy) is 3. The van der Waals surface area contributed by atoms with Gasteiger partial charge < -0.3 is 14.2 Å². The average Bonchev–Trinajstić information content (AvgIpc) is 3.93. The van der Waals surface area contributed by atoms with Gasteiger partial charge in [0, 0.05) is 5.92 Å². The maximum Gasteiger partial charge on any atom is 0.317 e. The largest absolute Gasteiger partial charge is 0.465 e. The van der Waals surface area contributed by atoms with E-state index in [4.69, 9.17) is 14.2 Å². The van der Waals surface area contributed by atoms with Crippen molar-refractivity contribution in [3.63, 3.8) is 0 Å². The van der Waals surface area contributed by atoms with Crippen molar-refractivity contribution in [2.75, 3.05) is 6.61 Å². The number of hydrogen-bond donors (Lipinski definition) is 0. The highest BCUT2D eigenvalue weighted by Crippen LogP contribution is 2.75. The molecule has 0 aromatic rings. The van der Waals surface area contributed by atoms with E-state index in [9.17, 15) is 19.2 Å². The fourth-order valence-electron chi connectivity index (χ4n) is 18.1. The number of esters is 4. The van der Waals surface area contributed by atoms with Crippen molar-refractivity contribution < 1.29 is 33.4 Å². The van der Waals surface area contributed by atoms with E-state index in [1.54, 1.807) is 0 Å². The van der Waals surface area contributed by atoms with E-state index in [2.05, 4.69) is 13.8 Å². The molecule has 7 heteroatoms. The zero-order valence-corrected chi connectivity index (χ0v) is 30.4. The van der Waals surface area contributed by atoms with Gasteiger partial charge in [0.25, 0.3) is 0 Å². The van der Waals surface area contributed by atoms with Gasteiger partial charge in [-0.05, 0) is 172 Å². The van der Waals surface area contributed by atoms with Gasteiger partial charge in [0.05, 0.1) is 29.8 Å². The molecule has 2 aliphatic heterocycles. The predicted octanol–water partition coefficient (Wildman–Crippen LogP) is 12.3. The SMILES string of the molecule is C.C.C.C.C.C.C.C.CCC1(OC(=O)C2CC3CC2C(C2C(=O)OC(=O)C2C)C3C2C(C3C4CCC(C4)C3C)C3CC2C2(CCOC2=O)C3)CC2CC1C1CCCC21. The van der Waals surface area contributed by atoms with Crippen molar-refractivity contribution in [3.8, 4) is 0 Å². The molecule has 58 heavy (non-hydrogen) atoms. The highest BCUT2D eigenvalue weighted by molar-refractivity contribution is 5.96. The highest BCUT2D eigenvalue weighted by atomic mass is 16.6. The van der Waals surface area contributed by atoms with E-state index in [-0.39, 0.29) is 118 Å². The lowest BCUT2D eigenvalue weighted by Crippen LogP contribution is -2.52. The van der Waals surface area contributed by atoms with Crippen LogP contribution < -0.4 is 0 Å². The topological polar surface area (TPSA) is 96.0 Å². The van der Waals surface area contributed by atoms with Gasteiger partial charge in [0.1, 0.15) is 5.60 Å². The number of fused-ring (bicyclic) bond motifs is 12. The van der Waals surface area contributed by atoms with Crippen molar-refractivity contribution >= 4 is 23.9 Å². The van der Waals surface area contributed by atoms with Crippen LogP contribution in [0.4, 0.5) is 0 Å². The lowest BCUT2D eigenvalue weighted by Gasteiger charge is -2.52. The third-order valence-corrected chi connectivity index (χ3v) is 19.6. The Hall–Kier alpha value is -1.92. The first-order valence-corrected chi connectivity index (χ1v) is 21.3. The summed E-state index contributed by atoms with van der Waals surface area (Å²) in [4.78, 5) is 55.2. The van der Waals surface area contributed by atoms with Crippen molar-refractivity contribution in [1.29, 1.82) is 0 Å². The summed E-state index contributed by atoms with van der Waals surface area (Å²) in [7, 11) is 0. The summed E-state index contributed by atoms with van der Waals surface area (Å²) in [5.41, 5.74) is -0.717. The molecule has 0 radical (unpaired) electrons. The molecule has 0 amide bonds. The van der Waals surface area contributed by atoms with Crippen LogP contribution in [0.2, 0.25) is 0 Å². The summed E-state index contributed by atoms with van der Waals surface area (Å²) in [6.45, 7) is 7.17. The fourth-order valence-corrected chi connectivity index (χ4v) is 18.1. The van der Waals surface area contributed by atoms with Crippen molar-refractivity contribution in [2.45, 2.75) is 176 Å². The first kappa shape index (κ1) is 50.4. The van der Waals surface area contributed by atoms with E-state index < -0.39 is 17.8 Å². The maximum atomic E-state index is 14.7. The van der Waals surface area contributed by atoms with Gasteiger partial charge in [0.2, 0.25) is 0 Å². The van der Waals surface area contributed by atoms with Crippen molar-refractivity contribution in [3.05, 3.63) is 0 Å². The quantitative estimate of drug-likeness (QED) is 0.150. The molecular formula is C51H90O7. The summed E-state index contributed by atoms with van der Waals surface area (Å²) < 4.78 is 18.1. The maximum absolute atomic E-state index is 14.7. The smallest absolute Gasteiger partial charge is 0.317 e. The summed E-state index contributed by atoms with van der Waals surface area (Å²) in [5.74, 6) is 5.94. The zero-order valence-electron chi connectivity index (χ0n) is 30.4. The molecular weight excluding hydrogens is 725 g/mol. The molecule has 21 unspecified atom stereocenters. The van der Waals surface area contributed by atoms with E-state index in [0.29, 0.717) is 54.0 Å². The van der Waals surface area contributed by atoms with Crippen molar-refractivity contribution in [1.82, 2.24) is 0 Å². The molecule has 2 saturated heterocycles. The second-order valence-corrected chi connectivity index (χ2v) is 20.4. The normalized spacial score (nSPS) is 51.2. The molecule has 7 nitrogen and oxygen atoms in total. The average molecular weight is 815 g/mol. The second-order valence-electron chi connectivity index (χ2n) is 20.4. The molecule has 1 spiro atoms. The number of cyclic esters (lactones) is 3. The Morgan fingerprint density at radius 3 is 1.95 bits per heavy atom. The molecule has 9 aliphatic carbocycles. The minimum absolute atomic E-state index is 0. The summed E-state index contributed by atoms with van der Waals surface area (Å²) in [5, 5.41) is 0. The Bertz CT molecular complexity index is 1520. The second kappa shape index (κ2) is 17.1. The number of carbonyl (C=O) groups excluding carboxylic acids is 4. The van der Waals surface area contributed by atoms with E-state index in [1.807, 2.05) is 6.92 Å². The Labute approximate surface area is 356 Å². The van der Waals surface area contributed by atoms with Crippen molar-refractivity contribution in [2.24, 2.45) is 118 Å². The van der Waals surface area contributed by atoms with Crippen LogP contribution in [0.5, 0.6) is 0 Å². The van der Waals surface area contributed by atoms with Crippen LogP contribution in [-0.4, -0.2) is 36.1 Å². The Morgan fingerprint density at radius 2 is 1.33 bits per heavy atom. The van der Waals surface area contributed by atoms with Gasteiger partial charge >= 0.3 is 23.9 Å². The summed E-state index contributed by atoms with van der Waals surface area (Å²) in [6.07, 6.45) is 15.8. The number of rotatable bonds is 6. The van der Waals surface area contributed by atoms with Gasteiger partial charge in [0.15, 0.2) is 0 Å². The van der Waals surface area contributed by atoms with Crippen LogP contribution in [0.25, 0.3) is 0 Å². The molecule has 11 aliphatic rings. The molecule has 2 heterocycles. The van der Waals surface area contributed by atoms with E-state index in [1.165, 1.54) is 44.9 Å². The Kier molecular flexibility index (Phi) is 14.9. The molecule has 11 fully saturated rings. The monoisotopic (exact) mass is 815 g/mol. The van der Waals surface area contributed by atoms with Gasteiger partial charge in [-0.25, -0.2) is 0 Å². The zero-order chi connectivity index (χ0) is 34.0. The molecule has 0 aromatic heterocycles. The molecule has 8 bridgehead atoms. The third-order valence-electron chi connectivity index (χ3n) is 19.6. The van der Waals surface area contributed by atoms with Crippen LogP contribution in [0, 0.1) is 118 Å². The summed E-state index contributed by atoms with van der Waals surface area (Å²) in [6, 6.07) is 0. The van der Waals surface area contributed by atoms with Crippen LogP contribution >= 0.6 is 0 Å². The highest BCUT2D eigenvalue weighted by Gasteiger charge is 2.73. The lowest BCUT2D eigenvalue weighted by molar-refractivity contribution is -0.180. The first-order chi connectivity index (χ1) is 24.1. The van der Waals surface area contributed by atoms with Gasteiger partial charge in [-0.2, -0.15) is 0 Å². The first-order valence-electron chi connectivity index (χ1n) is 21.3. The summed E-state index contributed by atoms with van der Waals surface area (Å²) >= 11 is 0. The Morgan fingerprint density at radius 1 is 0.655 bits per heavy atom. The van der Waals surface area contributed by atoms with Crippen LogP contribution in [0.15, 0.2) is 0 Å². The van der Waals surface area contributed by atoms with Crippen LogP contribution in [0.1, 0.15) is 170 Å². The molecule has 0 N–H and O–H groups in total. The molecule has 11 rings (SSSR count). The van der Waals surface area contributed by atoms with E-state index >= 15 is 0 Å². The number of hydrogen-bond acceptors (Lipinski definition) is 7. The van der Waals surface area contributed by atoms with Crippen LogP contribution in [-0.2, 0) is 33.4 Å². The van der Waals surface area contributed by atoms with Gasteiger partial charge in [-0.1, -0.05) is 86.6 Å². The predicted molar refractivity (Wildman–Crippen MR) is 235 cm³/mol. The van der Waals surface area contributed by atoms with Gasteiger partial charge in [-0.3, -0.25) is 19.2 Å². The standard InChI is InChI=1S/C43H58O7.8CH4/c1-4-43(18-24-15-30(43)27-7-5-6-26(24)27)50-39(45)29-14-23-13-28(29)36(33-20(3)38(44)49-40(33)46)34(23)37-31-16-25(17-42(31)10-11-48-41(42)47)35(37)32-19(2)21-8-9-22(32)12-21;;;;;;;;/h19-37H,4-18H2,1-3H3;8*1H4. The van der Waals surface area contributed by atoms with E-state index in [0.717, 1.165) is 68.6 Å². The molecule has 9 saturated carbocycles. The third kappa shape index (κ3) is 6.25. The van der Waals surface area contributed by atoms with Crippen LogP contribution in [0.3, 0.4) is 0 Å². The van der Waals surface area contributed by atoms with Gasteiger partial charge in [-0.15, -0.1) is 0 Å². The lowest BCUT2D eigenvalue weighted by atomic mass is 9.51. The number of carbonyl (C=O) groups is 4. The minimum atomic E-state index is -0.510. The minimum Gasteiger partial charge on any atom is -0.465 e.